The fourth-order valence-electron chi connectivity index (χ4n) is 6.04. The van der Waals surface area contributed by atoms with E-state index >= 15 is 0 Å². The number of alkyl halides is 2. The minimum absolute atomic E-state index is 0.124. The van der Waals surface area contributed by atoms with Crippen LogP contribution in [0.15, 0.2) is 48.7 Å². The predicted octanol–water partition coefficient (Wildman–Crippen LogP) is 3.63. The van der Waals surface area contributed by atoms with E-state index in [-0.39, 0.29) is 24.3 Å². The Morgan fingerprint density at radius 2 is 1.91 bits per heavy atom. The second-order valence-corrected chi connectivity index (χ2v) is 11.9. The molecule has 0 radical (unpaired) electrons. The van der Waals surface area contributed by atoms with E-state index in [1.54, 1.807) is 37.6 Å². The number of nitriles is 1. The summed E-state index contributed by atoms with van der Waals surface area (Å²) in [5, 5.41) is 22.5. The second-order valence-electron chi connectivity index (χ2n) is 11.9. The first kappa shape index (κ1) is 32.4. The number of rotatable bonds is 9. The molecule has 1 aromatic heterocycles. The molecule has 1 unspecified atom stereocenters. The lowest BCUT2D eigenvalue weighted by Crippen LogP contribution is -2.56. The number of halogens is 2. The highest BCUT2D eigenvalue weighted by atomic mass is 19.3. The minimum atomic E-state index is -3.49. The van der Waals surface area contributed by atoms with Gasteiger partial charge in [0, 0.05) is 62.7 Å². The van der Waals surface area contributed by atoms with Gasteiger partial charge in [0.25, 0.3) is 5.91 Å². The van der Waals surface area contributed by atoms with Crippen LogP contribution in [0, 0.1) is 11.3 Å². The third-order valence-corrected chi connectivity index (χ3v) is 8.76. The molecule has 2 N–H and O–H groups in total. The molecule has 3 aromatic rings. The van der Waals surface area contributed by atoms with E-state index in [4.69, 9.17) is 14.2 Å². The molecule has 0 aliphatic carbocycles. The van der Waals surface area contributed by atoms with E-state index in [9.17, 15) is 23.9 Å². The van der Waals surface area contributed by atoms with Crippen molar-refractivity contribution in [3.63, 3.8) is 0 Å². The summed E-state index contributed by atoms with van der Waals surface area (Å²) in [6.07, 6.45) is -1.49. The lowest BCUT2D eigenvalue weighted by molar-refractivity contribution is -0.202. The standard InChI is InChI=1S/C33H37F2N7O5/c1-21(43)31(44)42-10-8-26(17-33(42,34)35)47-29-6-3-22(15-23(29)18-36)27-7-9-37-32(38-27)39-28-5-4-24(16-30(28)45-2)40-11-13-41(14-12-40)25-19-46-20-25/h3-7,9,15-16,21,25-26,43H,8,10-14,17,19-20H2,1-2H3,(H,37,38,39)/t21-,26?/m0/s1. The van der Waals surface area contributed by atoms with Crippen LogP contribution < -0.4 is 19.7 Å². The number of amides is 1. The molecule has 12 nitrogen and oxygen atoms in total. The first-order chi connectivity index (χ1) is 22.6. The van der Waals surface area contributed by atoms with Crippen molar-refractivity contribution >= 4 is 23.2 Å². The summed E-state index contributed by atoms with van der Waals surface area (Å²) in [6, 6.07) is 11.6. The summed E-state index contributed by atoms with van der Waals surface area (Å²) < 4.78 is 46.3. The van der Waals surface area contributed by atoms with Crippen molar-refractivity contribution in [3.05, 3.63) is 54.2 Å². The maximum absolute atomic E-state index is 14.7. The molecule has 2 atom stereocenters. The number of ether oxygens (including phenoxy) is 3. The van der Waals surface area contributed by atoms with Gasteiger partial charge in [0.2, 0.25) is 5.95 Å². The number of nitrogens with zero attached hydrogens (tertiary/aromatic N) is 6. The first-order valence-electron chi connectivity index (χ1n) is 15.6. The number of carbonyl (C=O) groups excluding carboxylic acids is 1. The Kier molecular flexibility index (Phi) is 9.40. The number of aromatic nitrogens is 2. The van der Waals surface area contributed by atoms with Gasteiger partial charge >= 0.3 is 6.05 Å². The van der Waals surface area contributed by atoms with Crippen molar-refractivity contribution in [1.82, 2.24) is 19.8 Å². The van der Waals surface area contributed by atoms with Gasteiger partial charge < -0.3 is 29.5 Å². The molecule has 248 valence electrons. The van der Waals surface area contributed by atoms with Crippen molar-refractivity contribution in [3.8, 4) is 28.8 Å². The molecule has 0 bridgehead atoms. The molecule has 3 saturated heterocycles. The average Bonchev–Trinajstić information content (AvgIpc) is 3.04. The van der Waals surface area contributed by atoms with Crippen LogP contribution in [0.3, 0.4) is 0 Å². The summed E-state index contributed by atoms with van der Waals surface area (Å²) in [4.78, 5) is 26.2. The number of hydrogen-bond acceptors (Lipinski definition) is 11. The van der Waals surface area contributed by atoms with Gasteiger partial charge in [0.05, 0.1) is 49.7 Å². The van der Waals surface area contributed by atoms with Crippen molar-refractivity contribution in [2.75, 3.05) is 63.3 Å². The van der Waals surface area contributed by atoms with E-state index in [0.29, 0.717) is 39.6 Å². The van der Waals surface area contributed by atoms with Crippen LogP contribution in [0.2, 0.25) is 0 Å². The number of hydrogen-bond donors (Lipinski definition) is 2. The van der Waals surface area contributed by atoms with Crippen LogP contribution >= 0.6 is 0 Å². The number of carbonyl (C=O) groups is 1. The molecule has 3 aliphatic heterocycles. The fourth-order valence-corrected chi connectivity index (χ4v) is 6.04. The molecule has 47 heavy (non-hydrogen) atoms. The molecule has 4 heterocycles. The quantitative estimate of drug-likeness (QED) is 0.329. The lowest BCUT2D eigenvalue weighted by atomic mass is 10.0. The Morgan fingerprint density at radius 1 is 1.13 bits per heavy atom. The summed E-state index contributed by atoms with van der Waals surface area (Å²) in [5.41, 5.74) is 3.06. The third kappa shape index (κ3) is 7.07. The molecule has 14 heteroatoms. The van der Waals surface area contributed by atoms with Gasteiger partial charge in [-0.3, -0.25) is 14.6 Å². The number of piperidine rings is 1. The van der Waals surface area contributed by atoms with Crippen LogP contribution in [0.1, 0.15) is 25.3 Å². The fraction of sp³-hybridized carbons (Fsp3) is 0.455. The van der Waals surface area contributed by atoms with E-state index < -0.39 is 30.6 Å². The zero-order valence-corrected chi connectivity index (χ0v) is 26.2. The Morgan fingerprint density at radius 3 is 2.57 bits per heavy atom. The Labute approximate surface area is 271 Å². The van der Waals surface area contributed by atoms with Crippen molar-refractivity contribution < 1.29 is 32.9 Å². The monoisotopic (exact) mass is 649 g/mol. The number of anilines is 3. The van der Waals surface area contributed by atoms with Gasteiger partial charge in [-0.05, 0) is 43.3 Å². The SMILES string of the molecule is COc1cc(N2CCN(C3COC3)CC2)ccc1Nc1nccc(-c2ccc(OC3CCN(C(=O)[C@H](C)O)C(F)(F)C3)c(C#N)c2)n1. The van der Waals surface area contributed by atoms with Crippen molar-refractivity contribution in [1.29, 1.82) is 5.26 Å². The van der Waals surface area contributed by atoms with Crippen LogP contribution in [0.5, 0.6) is 11.5 Å². The Hall–Kier alpha value is -4.58. The van der Waals surface area contributed by atoms with Gasteiger partial charge in [-0.25, -0.2) is 9.97 Å². The molecular formula is C33H37F2N7O5. The first-order valence-corrected chi connectivity index (χ1v) is 15.6. The van der Waals surface area contributed by atoms with Crippen molar-refractivity contribution in [2.24, 2.45) is 0 Å². The summed E-state index contributed by atoms with van der Waals surface area (Å²) in [6.45, 7) is 6.32. The number of nitrogens with one attached hydrogen (secondary N) is 1. The number of piperazine rings is 1. The predicted molar refractivity (Wildman–Crippen MR) is 169 cm³/mol. The smallest absolute Gasteiger partial charge is 0.331 e. The van der Waals surface area contributed by atoms with E-state index in [1.807, 2.05) is 18.2 Å². The minimum Gasteiger partial charge on any atom is -0.494 e. The molecule has 3 fully saturated rings. The van der Waals surface area contributed by atoms with Gasteiger partial charge in [-0.1, -0.05) is 0 Å². The zero-order chi connectivity index (χ0) is 33.1. The van der Waals surface area contributed by atoms with Crippen LogP contribution in [0.25, 0.3) is 11.3 Å². The summed E-state index contributed by atoms with van der Waals surface area (Å²) in [5.74, 6) is 0.0907. The van der Waals surface area contributed by atoms with E-state index in [2.05, 4.69) is 31.2 Å². The summed E-state index contributed by atoms with van der Waals surface area (Å²) in [7, 11) is 1.61. The third-order valence-electron chi connectivity index (χ3n) is 8.76. The largest absolute Gasteiger partial charge is 0.494 e. The highest BCUT2D eigenvalue weighted by Crippen LogP contribution is 2.36. The highest BCUT2D eigenvalue weighted by molar-refractivity contribution is 5.80. The van der Waals surface area contributed by atoms with E-state index in [0.717, 1.165) is 52.0 Å². The van der Waals surface area contributed by atoms with Gasteiger partial charge in [-0.15, -0.1) is 0 Å². The summed E-state index contributed by atoms with van der Waals surface area (Å²) >= 11 is 0. The number of benzene rings is 2. The van der Waals surface area contributed by atoms with Crippen molar-refractivity contribution in [2.45, 2.75) is 44.1 Å². The lowest BCUT2D eigenvalue weighted by Gasteiger charge is -2.43. The normalized spacial score (nSPS) is 20.6. The number of aliphatic hydroxyl groups is 1. The Bertz CT molecular complexity index is 1640. The molecule has 2 aromatic carbocycles. The number of likely N-dealkylation sites (tertiary alicyclic amines) is 1. The highest BCUT2D eigenvalue weighted by Gasteiger charge is 2.47. The van der Waals surface area contributed by atoms with Crippen LogP contribution in [0.4, 0.5) is 26.1 Å². The molecular weight excluding hydrogens is 612 g/mol. The zero-order valence-electron chi connectivity index (χ0n) is 26.2. The molecule has 0 spiro atoms. The van der Waals surface area contributed by atoms with E-state index in [1.165, 1.54) is 0 Å². The maximum Gasteiger partial charge on any atom is 0.331 e. The number of aliphatic hydroxyl groups excluding tert-OH is 1. The van der Waals surface area contributed by atoms with Gasteiger partial charge in [0.15, 0.2) is 0 Å². The number of methoxy groups -OCH3 is 1. The maximum atomic E-state index is 14.7. The molecule has 1 amide bonds. The van der Waals surface area contributed by atoms with Crippen LogP contribution in [-0.4, -0.2) is 108 Å². The molecule has 0 saturated carbocycles. The van der Waals surface area contributed by atoms with Crippen LogP contribution in [-0.2, 0) is 9.53 Å². The average molecular weight is 650 g/mol. The van der Waals surface area contributed by atoms with Gasteiger partial charge in [-0.2, -0.15) is 14.0 Å². The molecule has 3 aliphatic rings. The Balaban J connectivity index is 1.12. The van der Waals surface area contributed by atoms with Gasteiger partial charge in [0.1, 0.15) is 29.8 Å². The topological polar surface area (TPSA) is 136 Å². The second kappa shape index (κ2) is 13.6. The molecule has 6 rings (SSSR count).